The van der Waals surface area contributed by atoms with Gasteiger partial charge in [0, 0.05) is 11.5 Å². The second kappa shape index (κ2) is 2.97. The summed E-state index contributed by atoms with van der Waals surface area (Å²) in [6.07, 6.45) is 0.724. The first kappa shape index (κ1) is 10.5. The van der Waals surface area contributed by atoms with E-state index in [1.807, 2.05) is 20.8 Å². The van der Waals surface area contributed by atoms with Gasteiger partial charge in [0.1, 0.15) is 0 Å². The topological polar surface area (TPSA) is 57.6 Å². The van der Waals surface area contributed by atoms with Gasteiger partial charge in [0.2, 0.25) is 0 Å². The van der Waals surface area contributed by atoms with Crippen molar-refractivity contribution >= 4 is 11.9 Å². The summed E-state index contributed by atoms with van der Waals surface area (Å²) >= 11 is 0. The molecule has 0 aromatic rings. The summed E-state index contributed by atoms with van der Waals surface area (Å²) in [6, 6.07) is -0.397. The van der Waals surface area contributed by atoms with Gasteiger partial charge in [-0.05, 0) is 39.5 Å². The first-order valence-corrected chi connectivity index (χ1v) is 5.38. The Labute approximate surface area is 89.3 Å². The van der Waals surface area contributed by atoms with Crippen molar-refractivity contribution in [2.75, 3.05) is 0 Å². The Kier molecular flexibility index (Phi) is 2.07. The van der Waals surface area contributed by atoms with Gasteiger partial charge in [0.15, 0.2) is 5.78 Å². The summed E-state index contributed by atoms with van der Waals surface area (Å²) in [5.41, 5.74) is -0.497. The van der Waals surface area contributed by atoms with Crippen molar-refractivity contribution in [2.24, 2.45) is 11.8 Å². The van der Waals surface area contributed by atoms with E-state index in [0.29, 0.717) is 5.92 Å². The van der Waals surface area contributed by atoms with Crippen LogP contribution in [0.2, 0.25) is 0 Å². The summed E-state index contributed by atoms with van der Waals surface area (Å²) in [7, 11) is 0. The average Bonchev–Trinajstić information content (AvgIpc) is 2.72. The van der Waals surface area contributed by atoms with E-state index in [1.165, 1.54) is 4.90 Å². The van der Waals surface area contributed by atoms with Gasteiger partial charge in [0.25, 0.3) is 0 Å². The Balaban J connectivity index is 2.19. The van der Waals surface area contributed by atoms with Gasteiger partial charge in [-0.3, -0.25) is 9.69 Å². The molecule has 0 spiro atoms. The largest absolute Gasteiger partial charge is 0.465 e. The molecule has 0 aromatic heterocycles. The zero-order valence-corrected chi connectivity index (χ0v) is 9.36. The standard InChI is InChI=1S/C11H17NO3/c1-11(2,3)12(10(14)15)8-5-6-4-7(6)9(8)13/h6-8H,4-5H2,1-3H3,(H,14,15). The number of hydrogen-bond donors (Lipinski definition) is 1. The minimum atomic E-state index is -0.984. The van der Waals surface area contributed by atoms with Gasteiger partial charge in [-0.2, -0.15) is 0 Å². The molecule has 0 heterocycles. The number of carboxylic acid groups (broad SMARTS) is 1. The molecule has 4 heteroatoms. The average molecular weight is 211 g/mol. The van der Waals surface area contributed by atoms with Crippen molar-refractivity contribution in [3.05, 3.63) is 0 Å². The maximum absolute atomic E-state index is 11.8. The Morgan fingerprint density at radius 2 is 2.00 bits per heavy atom. The second-order valence-electron chi connectivity index (χ2n) is 5.58. The first-order valence-electron chi connectivity index (χ1n) is 5.38. The van der Waals surface area contributed by atoms with Gasteiger partial charge in [-0.25, -0.2) is 4.79 Å². The van der Waals surface area contributed by atoms with Gasteiger partial charge in [-0.15, -0.1) is 0 Å². The summed E-state index contributed by atoms with van der Waals surface area (Å²) in [5.74, 6) is 0.767. The number of Topliss-reactive ketones (excluding diaryl/α,β-unsaturated/α-hetero) is 1. The lowest BCUT2D eigenvalue weighted by atomic mass is 10.00. The number of amides is 1. The molecule has 1 N–H and O–H groups in total. The fourth-order valence-corrected chi connectivity index (χ4v) is 2.63. The molecule has 15 heavy (non-hydrogen) atoms. The molecule has 2 aliphatic rings. The van der Waals surface area contributed by atoms with Gasteiger partial charge in [-0.1, -0.05) is 0 Å². The molecular formula is C11H17NO3. The highest BCUT2D eigenvalue weighted by Crippen LogP contribution is 2.51. The molecule has 2 fully saturated rings. The van der Waals surface area contributed by atoms with E-state index in [9.17, 15) is 9.59 Å². The molecule has 3 atom stereocenters. The highest BCUT2D eigenvalue weighted by atomic mass is 16.4. The monoisotopic (exact) mass is 211 g/mol. The van der Waals surface area contributed by atoms with Crippen molar-refractivity contribution in [2.45, 2.75) is 45.2 Å². The summed E-state index contributed by atoms with van der Waals surface area (Å²) in [6.45, 7) is 5.50. The number of nitrogens with zero attached hydrogens (tertiary/aromatic N) is 1. The fraction of sp³-hybridized carbons (Fsp3) is 0.818. The minimum Gasteiger partial charge on any atom is -0.465 e. The molecule has 2 saturated carbocycles. The second-order valence-corrected chi connectivity index (χ2v) is 5.58. The number of carbonyl (C=O) groups excluding carboxylic acids is 1. The van der Waals surface area contributed by atoms with Crippen LogP contribution in [0.1, 0.15) is 33.6 Å². The molecule has 0 radical (unpaired) electrons. The van der Waals surface area contributed by atoms with E-state index in [4.69, 9.17) is 5.11 Å². The third-order valence-corrected chi connectivity index (χ3v) is 3.38. The summed E-state index contributed by atoms with van der Waals surface area (Å²) in [5, 5.41) is 9.16. The zero-order chi connectivity index (χ0) is 11.4. The Bertz CT molecular complexity index is 318. The van der Waals surface area contributed by atoms with Crippen LogP contribution in [0.5, 0.6) is 0 Å². The van der Waals surface area contributed by atoms with E-state index in [2.05, 4.69) is 0 Å². The molecule has 1 amide bonds. The molecule has 4 nitrogen and oxygen atoms in total. The van der Waals surface area contributed by atoms with Crippen molar-refractivity contribution in [3.63, 3.8) is 0 Å². The predicted molar refractivity (Wildman–Crippen MR) is 54.6 cm³/mol. The lowest BCUT2D eigenvalue weighted by Gasteiger charge is -2.37. The third kappa shape index (κ3) is 1.62. The number of rotatable bonds is 1. The molecule has 0 bridgehead atoms. The van der Waals surface area contributed by atoms with Crippen LogP contribution in [0.15, 0.2) is 0 Å². The van der Waals surface area contributed by atoms with Gasteiger partial charge >= 0.3 is 6.09 Å². The van der Waals surface area contributed by atoms with Crippen molar-refractivity contribution in [3.8, 4) is 0 Å². The predicted octanol–water partition coefficient (Wildman–Crippen LogP) is 1.74. The van der Waals surface area contributed by atoms with E-state index in [0.717, 1.165) is 12.8 Å². The fourth-order valence-electron chi connectivity index (χ4n) is 2.63. The van der Waals surface area contributed by atoms with Crippen LogP contribution in [-0.4, -0.2) is 33.5 Å². The molecule has 2 rings (SSSR count). The smallest absolute Gasteiger partial charge is 0.408 e. The van der Waals surface area contributed by atoms with E-state index in [-0.39, 0.29) is 11.7 Å². The first-order chi connectivity index (χ1) is 6.82. The van der Waals surface area contributed by atoms with Crippen molar-refractivity contribution < 1.29 is 14.7 Å². The maximum atomic E-state index is 11.8. The van der Waals surface area contributed by atoms with Crippen molar-refractivity contribution in [1.29, 1.82) is 0 Å². The Hall–Kier alpha value is -1.06. The van der Waals surface area contributed by atoms with Gasteiger partial charge in [0.05, 0.1) is 6.04 Å². The van der Waals surface area contributed by atoms with Crippen LogP contribution in [0.4, 0.5) is 4.79 Å². The Morgan fingerprint density at radius 1 is 1.40 bits per heavy atom. The summed E-state index contributed by atoms with van der Waals surface area (Å²) in [4.78, 5) is 24.3. The number of carbonyl (C=O) groups is 2. The van der Waals surface area contributed by atoms with Crippen LogP contribution in [0.25, 0.3) is 0 Å². The highest BCUT2D eigenvalue weighted by molar-refractivity contribution is 5.93. The molecule has 0 aliphatic heterocycles. The SMILES string of the molecule is CC(C)(C)N(C(=O)O)C1CC2CC2C1=O. The Morgan fingerprint density at radius 3 is 2.33 bits per heavy atom. The maximum Gasteiger partial charge on any atom is 0.408 e. The highest BCUT2D eigenvalue weighted by Gasteiger charge is 2.56. The molecule has 0 aromatic carbocycles. The number of hydrogen-bond acceptors (Lipinski definition) is 2. The van der Waals surface area contributed by atoms with Crippen LogP contribution < -0.4 is 0 Å². The minimum absolute atomic E-state index is 0.136. The van der Waals surface area contributed by atoms with Crippen LogP contribution in [0, 0.1) is 11.8 Å². The van der Waals surface area contributed by atoms with Crippen LogP contribution in [0.3, 0.4) is 0 Å². The molecular weight excluding hydrogens is 194 g/mol. The molecule has 3 unspecified atom stereocenters. The van der Waals surface area contributed by atoms with Crippen molar-refractivity contribution in [1.82, 2.24) is 4.90 Å². The molecule has 84 valence electrons. The molecule has 0 saturated heterocycles. The normalized spacial score (nSPS) is 33.8. The van der Waals surface area contributed by atoms with Gasteiger partial charge < -0.3 is 5.11 Å². The van der Waals surface area contributed by atoms with E-state index < -0.39 is 17.7 Å². The van der Waals surface area contributed by atoms with E-state index in [1.54, 1.807) is 0 Å². The quantitative estimate of drug-likeness (QED) is 0.718. The third-order valence-electron chi connectivity index (χ3n) is 3.38. The van der Waals surface area contributed by atoms with E-state index >= 15 is 0 Å². The van der Waals surface area contributed by atoms with Crippen LogP contribution >= 0.6 is 0 Å². The number of fused-ring (bicyclic) bond motifs is 1. The molecule has 2 aliphatic carbocycles. The number of ketones is 1. The van der Waals surface area contributed by atoms with Crippen LogP contribution in [-0.2, 0) is 4.79 Å². The summed E-state index contributed by atoms with van der Waals surface area (Å²) < 4.78 is 0. The lowest BCUT2D eigenvalue weighted by Crippen LogP contribution is -2.53. The zero-order valence-electron chi connectivity index (χ0n) is 9.36. The lowest BCUT2D eigenvalue weighted by molar-refractivity contribution is -0.124.